The molecule has 0 amide bonds. The van der Waals surface area contributed by atoms with Crippen molar-refractivity contribution in [3.05, 3.63) is 136 Å². The third-order valence-corrected chi connectivity index (χ3v) is 7.47. The smallest absolute Gasteiger partial charge is 1.00 e. The van der Waals surface area contributed by atoms with E-state index in [0.29, 0.717) is 11.8 Å². The first-order chi connectivity index (χ1) is 15.5. The van der Waals surface area contributed by atoms with E-state index in [1.807, 2.05) is 0 Å². The number of allylic oxidation sites excluding steroid dienone is 4. The number of hydrogen-bond acceptors (Lipinski definition) is 0. The third kappa shape index (κ3) is 5.69. The van der Waals surface area contributed by atoms with Crippen LogP contribution in [-0.2, 0) is 27.1 Å². The number of hydrogen-bond donors (Lipinski definition) is 0. The maximum atomic E-state index is 2.45. The zero-order valence-electron chi connectivity index (χ0n) is 21.4. The van der Waals surface area contributed by atoms with Crippen LogP contribution in [0.2, 0.25) is 0 Å². The molecule has 186 valence electrons. The second kappa shape index (κ2) is 13.4. The van der Waals surface area contributed by atoms with Gasteiger partial charge in [-0.25, -0.2) is 11.6 Å². The number of fused-ring (bicyclic) bond motifs is 1. The Morgan fingerprint density at radius 1 is 0.722 bits per heavy atom. The van der Waals surface area contributed by atoms with E-state index in [4.69, 9.17) is 0 Å². The molecule has 0 spiro atoms. The number of halogens is 3. The molecular weight excluding hydrogens is 539 g/mol. The van der Waals surface area contributed by atoms with Gasteiger partial charge in [0.05, 0.1) is 0 Å². The molecule has 0 radical (unpaired) electrons. The summed E-state index contributed by atoms with van der Waals surface area (Å²) < 4.78 is 0. The van der Waals surface area contributed by atoms with Crippen molar-refractivity contribution in [3.8, 4) is 0 Å². The van der Waals surface area contributed by atoms with E-state index in [9.17, 15) is 0 Å². The summed E-state index contributed by atoms with van der Waals surface area (Å²) in [6.07, 6.45) is 9.42. The van der Waals surface area contributed by atoms with E-state index >= 15 is 0 Å². The Morgan fingerprint density at radius 2 is 1.17 bits per heavy atom. The van der Waals surface area contributed by atoms with Crippen LogP contribution in [-0.4, -0.2) is 0 Å². The van der Waals surface area contributed by atoms with Gasteiger partial charge in [0, 0.05) is 5.41 Å². The van der Waals surface area contributed by atoms with E-state index in [1.165, 1.54) is 39.8 Å². The van der Waals surface area contributed by atoms with Crippen molar-refractivity contribution in [2.24, 2.45) is 11.8 Å². The summed E-state index contributed by atoms with van der Waals surface area (Å²) in [5, 5.41) is 0. The third-order valence-electron chi connectivity index (χ3n) is 7.47. The predicted molar refractivity (Wildman–Crippen MR) is 136 cm³/mol. The van der Waals surface area contributed by atoms with Crippen molar-refractivity contribution < 1.29 is 58.9 Å². The number of rotatable bonds is 4. The fourth-order valence-electron chi connectivity index (χ4n) is 6.23. The van der Waals surface area contributed by atoms with Gasteiger partial charge in [0.2, 0.25) is 0 Å². The summed E-state index contributed by atoms with van der Waals surface area (Å²) in [7, 11) is 0. The first-order valence-electron chi connectivity index (χ1n) is 12.0. The maximum Gasteiger partial charge on any atom is 4.00 e. The second-order valence-electron chi connectivity index (χ2n) is 9.89. The average Bonchev–Trinajstić information content (AvgIpc) is 3.11. The Balaban J connectivity index is 0.00000162. The fourth-order valence-corrected chi connectivity index (χ4v) is 6.23. The van der Waals surface area contributed by atoms with Gasteiger partial charge in [-0.05, 0) is 49.8 Å². The molecule has 0 N–H and O–H groups in total. The molecule has 36 heavy (non-hydrogen) atoms. The minimum atomic E-state index is -0.296. The molecule has 4 heteroatoms. The van der Waals surface area contributed by atoms with Crippen LogP contribution in [0.4, 0.5) is 0 Å². The molecule has 0 nitrogen and oxygen atoms in total. The Hall–Kier alpha value is -1.41. The van der Waals surface area contributed by atoms with Crippen LogP contribution >= 0.6 is 0 Å². The van der Waals surface area contributed by atoms with Gasteiger partial charge in [0.25, 0.3) is 0 Å². The first kappa shape index (κ1) is 32.6. The molecule has 0 bridgehead atoms. The number of benzene rings is 3. The summed E-state index contributed by atoms with van der Waals surface area (Å²) in [4.78, 5) is 0. The van der Waals surface area contributed by atoms with Crippen LogP contribution in [0, 0.1) is 38.5 Å². The van der Waals surface area contributed by atoms with Crippen molar-refractivity contribution >= 4 is 0 Å². The fraction of sp³-hybridized carbons (Fsp3) is 0.281. The van der Waals surface area contributed by atoms with E-state index in [2.05, 4.69) is 119 Å². The molecule has 3 aromatic rings. The number of aryl methyl sites for hydroxylation is 3. The summed E-state index contributed by atoms with van der Waals surface area (Å²) >= 11 is 0. The molecule has 0 aliphatic heterocycles. The summed E-state index contributed by atoms with van der Waals surface area (Å²) in [5.74, 6) is 2.74. The molecule has 2 aliphatic rings. The normalized spacial score (nSPS) is 18.0. The van der Waals surface area contributed by atoms with Crippen molar-refractivity contribution in [1.29, 1.82) is 0 Å². The molecule has 0 aromatic heterocycles. The van der Waals surface area contributed by atoms with Crippen molar-refractivity contribution in [1.82, 2.24) is 0 Å². The zero-order chi connectivity index (χ0) is 22.3. The molecule has 2 unspecified atom stereocenters. The molecular formula is C32H33Cl3Ti. The minimum absolute atomic E-state index is 0. The standard InChI is InChI=1S/C32H33.3ClH.Ti/c1-22-10-7-14-27(18-22)32(28-15-8-11-23(2)19-28,29-16-9-12-24(3)20-29)31-25(4)21-26-13-5-6-17-30(26)31;;;;/h5-12,14-20,25-26H,13,21H2,1-4H3;3*1H;/q-1;;;;+4/p-3. The van der Waals surface area contributed by atoms with Gasteiger partial charge >= 0.3 is 21.7 Å². The van der Waals surface area contributed by atoms with Crippen molar-refractivity contribution in [2.45, 2.75) is 46.0 Å². The van der Waals surface area contributed by atoms with Crippen LogP contribution in [0.1, 0.15) is 53.1 Å². The van der Waals surface area contributed by atoms with Crippen molar-refractivity contribution in [3.63, 3.8) is 0 Å². The van der Waals surface area contributed by atoms with E-state index in [1.54, 1.807) is 11.5 Å². The van der Waals surface area contributed by atoms with Crippen molar-refractivity contribution in [2.75, 3.05) is 0 Å². The predicted octanol–water partition coefficient (Wildman–Crippen LogP) is -0.927. The summed E-state index contributed by atoms with van der Waals surface area (Å²) in [6, 6.07) is 27.6. The largest absolute Gasteiger partial charge is 4.00 e. The molecule has 2 aliphatic carbocycles. The summed E-state index contributed by atoms with van der Waals surface area (Å²) in [5.41, 5.74) is 9.34. The van der Waals surface area contributed by atoms with E-state index < -0.39 is 0 Å². The summed E-state index contributed by atoms with van der Waals surface area (Å²) in [6.45, 7) is 9.10. The minimum Gasteiger partial charge on any atom is -1.00 e. The molecule has 1 saturated carbocycles. The van der Waals surface area contributed by atoms with Crippen LogP contribution in [0.5, 0.6) is 0 Å². The molecule has 2 atom stereocenters. The Kier molecular flexibility index (Phi) is 12.1. The molecule has 5 rings (SSSR count). The van der Waals surface area contributed by atoms with Crippen LogP contribution in [0.25, 0.3) is 0 Å². The monoisotopic (exact) mass is 570 g/mol. The van der Waals surface area contributed by atoms with Gasteiger partial charge in [-0.2, -0.15) is 5.92 Å². The second-order valence-corrected chi connectivity index (χ2v) is 9.89. The van der Waals surface area contributed by atoms with Crippen LogP contribution in [0.3, 0.4) is 0 Å². The Morgan fingerprint density at radius 3 is 1.58 bits per heavy atom. The average molecular weight is 572 g/mol. The first-order valence-corrected chi connectivity index (χ1v) is 12.0. The Labute approximate surface area is 251 Å². The van der Waals surface area contributed by atoms with Gasteiger partial charge < -0.3 is 37.2 Å². The van der Waals surface area contributed by atoms with Gasteiger partial charge in [0.15, 0.2) is 0 Å². The molecule has 0 heterocycles. The van der Waals surface area contributed by atoms with Gasteiger partial charge in [-0.15, -0.1) is 12.2 Å². The Bertz CT molecular complexity index is 1100. The zero-order valence-corrected chi connectivity index (χ0v) is 25.2. The maximum absolute atomic E-state index is 2.45. The van der Waals surface area contributed by atoms with Gasteiger partial charge in [-0.3, -0.25) is 0 Å². The SMILES string of the molecule is Cc1cccc(C(c2cccc(C)c2)(c2cccc(C)c2)[C-]2C3=CC=CCC3CC2C)c1.[Cl-].[Cl-].[Cl-].[Ti+4]. The quantitative estimate of drug-likeness (QED) is 0.216. The van der Waals surface area contributed by atoms with Gasteiger partial charge in [0.1, 0.15) is 0 Å². The molecule has 3 aromatic carbocycles. The topological polar surface area (TPSA) is 0 Å². The molecule has 1 fully saturated rings. The van der Waals surface area contributed by atoms with Crippen LogP contribution in [0.15, 0.2) is 96.6 Å². The van der Waals surface area contributed by atoms with E-state index in [0.717, 1.165) is 6.42 Å². The van der Waals surface area contributed by atoms with Gasteiger partial charge in [-0.1, -0.05) is 109 Å². The molecule has 0 saturated heterocycles. The van der Waals surface area contributed by atoms with E-state index in [-0.39, 0.29) is 64.4 Å². The van der Waals surface area contributed by atoms with Crippen LogP contribution < -0.4 is 37.2 Å².